The van der Waals surface area contributed by atoms with Crippen LogP contribution < -0.4 is 17.0 Å². The van der Waals surface area contributed by atoms with Gasteiger partial charge < -0.3 is 31.3 Å². The summed E-state index contributed by atoms with van der Waals surface area (Å²) in [7, 11) is 4.39. The molecule has 0 aliphatic carbocycles. The van der Waals surface area contributed by atoms with Crippen LogP contribution in [0.1, 0.15) is 31.4 Å². The minimum Gasteiger partial charge on any atom is -1.00 e. The lowest BCUT2D eigenvalue weighted by Crippen LogP contribution is -3.00. The largest absolute Gasteiger partial charge is 1.00 e. The molecule has 1 saturated heterocycles. The fraction of sp³-hybridized carbons (Fsp3) is 0.375. The number of fused-ring (bicyclic) bond motifs is 2. The number of quaternary nitrogens is 1. The second-order valence-corrected chi connectivity index (χ2v) is 9.25. The molecule has 3 atom stereocenters. The van der Waals surface area contributed by atoms with Gasteiger partial charge in [-0.1, -0.05) is 54.9 Å². The molecule has 0 spiro atoms. The van der Waals surface area contributed by atoms with E-state index in [1.807, 2.05) is 0 Å². The zero-order chi connectivity index (χ0) is 20.8. The van der Waals surface area contributed by atoms with Gasteiger partial charge in [-0.25, -0.2) is 4.79 Å². The van der Waals surface area contributed by atoms with Crippen LogP contribution in [0, 0.1) is 0 Å². The minimum atomic E-state index is -2.00. The highest BCUT2D eigenvalue weighted by molar-refractivity contribution is 6.31. The highest BCUT2D eigenvalue weighted by atomic mass is 79.9. The maximum Gasteiger partial charge on any atom is 0.347 e. The van der Waals surface area contributed by atoms with Crippen LogP contribution in [0.4, 0.5) is 0 Å². The van der Waals surface area contributed by atoms with Crippen molar-refractivity contribution >= 4 is 29.2 Å². The zero-order valence-corrected chi connectivity index (χ0v) is 19.9. The number of benzene rings is 2. The van der Waals surface area contributed by atoms with E-state index in [2.05, 4.69) is 26.2 Å². The first kappa shape index (κ1) is 25.9. The molecule has 2 aromatic rings. The molecule has 2 heterocycles. The molecule has 0 radical (unpaired) electrons. The van der Waals surface area contributed by atoms with Gasteiger partial charge in [0.25, 0.3) is 0 Å². The Morgan fingerprint density at radius 1 is 1.00 bits per heavy atom. The van der Waals surface area contributed by atoms with E-state index in [0.717, 1.165) is 17.3 Å². The third-order valence-corrected chi connectivity index (χ3v) is 6.80. The van der Waals surface area contributed by atoms with Crippen LogP contribution in [0.5, 0.6) is 0 Å². The van der Waals surface area contributed by atoms with Gasteiger partial charge in [0.1, 0.15) is 18.2 Å². The van der Waals surface area contributed by atoms with Crippen LogP contribution in [0.3, 0.4) is 0 Å². The standard InChI is InChI=1S/C23H24Cl2NO3.CH4.BrH/c1-26(2)19-9-10-20(26)14-21(13-19)29-22(27)23(28,15-5-3-7-17(24)11-15)16-6-4-8-18(25)12-16;;/h3-12,19-21,28H,13-14H2,1-2H3;1H4;1H/q+1;;/p-1/t19-,20?,21?;;/m1../s1. The lowest BCUT2D eigenvalue weighted by molar-refractivity contribution is -0.926. The molecule has 2 aliphatic rings. The van der Waals surface area contributed by atoms with Crippen LogP contribution in [0.25, 0.3) is 0 Å². The first-order valence-corrected chi connectivity index (χ1v) is 10.4. The minimum absolute atomic E-state index is 0. The highest BCUT2D eigenvalue weighted by Gasteiger charge is 2.49. The van der Waals surface area contributed by atoms with Gasteiger partial charge in [-0.2, -0.15) is 0 Å². The summed E-state index contributed by atoms with van der Waals surface area (Å²) in [6.45, 7) is 0. The number of esters is 1. The van der Waals surface area contributed by atoms with Gasteiger partial charge >= 0.3 is 5.97 Å². The van der Waals surface area contributed by atoms with Gasteiger partial charge in [0.2, 0.25) is 5.60 Å². The Bertz CT molecular complexity index is 915. The Kier molecular flexibility index (Phi) is 8.05. The van der Waals surface area contributed by atoms with Gasteiger partial charge in [0.15, 0.2) is 0 Å². The Balaban J connectivity index is 0.00000171. The smallest absolute Gasteiger partial charge is 0.347 e. The van der Waals surface area contributed by atoms with E-state index < -0.39 is 11.6 Å². The molecule has 1 fully saturated rings. The second kappa shape index (κ2) is 9.63. The molecule has 4 rings (SSSR count). The summed E-state index contributed by atoms with van der Waals surface area (Å²) in [6, 6.07) is 13.9. The van der Waals surface area contributed by atoms with E-state index >= 15 is 0 Å². The molecule has 2 aliphatic heterocycles. The van der Waals surface area contributed by atoms with E-state index in [1.54, 1.807) is 48.5 Å². The summed E-state index contributed by atoms with van der Waals surface area (Å²) < 4.78 is 6.77. The number of ether oxygens (including phenoxy) is 1. The number of carbonyl (C=O) groups is 1. The number of nitrogens with zero attached hydrogens (tertiary/aromatic N) is 1. The molecular formula is C24H28BrCl2NO3. The van der Waals surface area contributed by atoms with E-state index in [4.69, 9.17) is 27.9 Å². The first-order chi connectivity index (χ1) is 13.7. The van der Waals surface area contributed by atoms with E-state index in [0.29, 0.717) is 33.3 Å². The number of carbonyl (C=O) groups excluding carboxylic acids is 1. The van der Waals surface area contributed by atoms with Crippen LogP contribution >= 0.6 is 23.2 Å². The lowest BCUT2D eigenvalue weighted by Gasteiger charge is -2.44. The van der Waals surface area contributed by atoms with Crippen molar-refractivity contribution in [3.63, 3.8) is 0 Å². The third-order valence-electron chi connectivity index (χ3n) is 6.33. The third kappa shape index (κ3) is 4.71. The van der Waals surface area contributed by atoms with E-state index in [-0.39, 0.29) is 30.5 Å². The fourth-order valence-corrected chi connectivity index (χ4v) is 4.82. The van der Waals surface area contributed by atoms with Gasteiger partial charge in [-0.15, -0.1) is 0 Å². The van der Waals surface area contributed by atoms with Crippen molar-refractivity contribution in [2.45, 2.75) is 44.1 Å². The maximum absolute atomic E-state index is 13.4. The first-order valence-electron chi connectivity index (χ1n) is 9.68. The number of hydrogen-bond acceptors (Lipinski definition) is 3. The highest BCUT2D eigenvalue weighted by Crippen LogP contribution is 2.39. The second-order valence-electron chi connectivity index (χ2n) is 8.38. The van der Waals surface area contributed by atoms with Gasteiger partial charge in [-0.05, 0) is 36.4 Å². The quantitative estimate of drug-likeness (QED) is 0.375. The number of halogens is 3. The van der Waals surface area contributed by atoms with Gasteiger partial charge in [-0.3, -0.25) is 0 Å². The number of rotatable bonds is 4. The Labute approximate surface area is 204 Å². The SMILES string of the molecule is C.C[N+]1(C)C2C=C[C@@H]1CC(OC(=O)C(O)(c1cccc(Cl)c1)c1cccc(Cl)c1)C2.[Br-]. The van der Waals surface area contributed by atoms with Crippen molar-refractivity contribution in [3.05, 3.63) is 81.9 Å². The zero-order valence-electron chi connectivity index (χ0n) is 16.8. The Hall–Kier alpha value is -1.37. The lowest BCUT2D eigenvalue weighted by atomic mass is 9.86. The summed E-state index contributed by atoms with van der Waals surface area (Å²) in [6.07, 6.45) is 5.61. The Morgan fingerprint density at radius 2 is 1.45 bits per heavy atom. The number of hydrogen-bond donors (Lipinski definition) is 1. The van der Waals surface area contributed by atoms with Crippen LogP contribution in [-0.4, -0.2) is 47.8 Å². The molecule has 2 aromatic carbocycles. The number of aliphatic hydroxyl groups is 1. The Morgan fingerprint density at radius 3 is 1.87 bits per heavy atom. The van der Waals surface area contributed by atoms with Crippen molar-refractivity contribution in [1.29, 1.82) is 0 Å². The summed E-state index contributed by atoms with van der Waals surface area (Å²) in [5.41, 5.74) is -1.29. The molecule has 0 saturated carbocycles. The van der Waals surface area contributed by atoms with Crippen molar-refractivity contribution in [2.75, 3.05) is 14.1 Å². The van der Waals surface area contributed by atoms with Crippen molar-refractivity contribution < 1.29 is 36.1 Å². The topological polar surface area (TPSA) is 46.5 Å². The molecule has 7 heteroatoms. The van der Waals surface area contributed by atoms with Crippen LogP contribution in [0.15, 0.2) is 60.7 Å². The number of likely N-dealkylation sites (N-methyl/N-ethyl adjacent to an activating group) is 1. The summed E-state index contributed by atoms with van der Waals surface area (Å²) in [5, 5.41) is 12.5. The molecule has 0 amide bonds. The predicted octanol–water partition coefficient (Wildman–Crippen LogP) is 1.96. The average Bonchev–Trinajstić information content (AvgIpc) is 2.84. The number of piperidine rings is 1. The average molecular weight is 529 g/mol. The summed E-state index contributed by atoms with van der Waals surface area (Å²) in [4.78, 5) is 13.4. The molecule has 4 nitrogen and oxygen atoms in total. The van der Waals surface area contributed by atoms with Crippen molar-refractivity contribution in [2.24, 2.45) is 0 Å². The van der Waals surface area contributed by atoms with Crippen LogP contribution in [-0.2, 0) is 15.1 Å². The maximum atomic E-state index is 13.4. The monoisotopic (exact) mass is 527 g/mol. The molecule has 31 heavy (non-hydrogen) atoms. The summed E-state index contributed by atoms with van der Waals surface area (Å²) >= 11 is 12.3. The molecule has 0 aromatic heterocycles. The fourth-order valence-electron chi connectivity index (χ4n) is 4.44. The molecule has 1 N–H and O–H groups in total. The van der Waals surface area contributed by atoms with E-state index in [9.17, 15) is 9.90 Å². The van der Waals surface area contributed by atoms with Crippen LogP contribution in [0.2, 0.25) is 10.0 Å². The van der Waals surface area contributed by atoms with Gasteiger partial charge in [0, 0.05) is 34.0 Å². The van der Waals surface area contributed by atoms with E-state index in [1.165, 1.54) is 0 Å². The molecule has 2 unspecified atom stereocenters. The normalized spacial score (nSPS) is 23.5. The molecule has 168 valence electrons. The van der Waals surface area contributed by atoms with Crippen molar-refractivity contribution in [3.8, 4) is 0 Å². The molecular weight excluding hydrogens is 501 g/mol. The predicted molar refractivity (Wildman–Crippen MR) is 121 cm³/mol. The summed E-state index contributed by atoms with van der Waals surface area (Å²) in [5.74, 6) is -0.710. The van der Waals surface area contributed by atoms with Crippen molar-refractivity contribution in [1.82, 2.24) is 0 Å². The van der Waals surface area contributed by atoms with Gasteiger partial charge in [0.05, 0.1) is 14.1 Å². The molecule has 2 bridgehead atoms.